The van der Waals surface area contributed by atoms with Crippen molar-refractivity contribution in [2.75, 3.05) is 59.3 Å². The lowest BCUT2D eigenvalue weighted by atomic mass is 10.1. The maximum Gasteiger partial charge on any atom is 0.374 e. The molecule has 1 aromatic heterocycles. The van der Waals surface area contributed by atoms with E-state index in [0.29, 0.717) is 18.0 Å². The molecule has 3 heterocycles. The van der Waals surface area contributed by atoms with Crippen molar-refractivity contribution in [1.82, 2.24) is 4.31 Å². The van der Waals surface area contributed by atoms with Crippen LogP contribution in [-0.4, -0.2) is 67.1 Å². The van der Waals surface area contributed by atoms with Crippen molar-refractivity contribution < 1.29 is 22.8 Å². The maximum absolute atomic E-state index is 13.4. The highest BCUT2D eigenvalue weighted by atomic mass is 32.2. The number of rotatable bonds is 8. The van der Waals surface area contributed by atoms with Gasteiger partial charge in [0.05, 0.1) is 48.2 Å². The molecule has 1 fully saturated rings. The topological polar surface area (TPSA) is 53.4 Å². The zero-order chi connectivity index (χ0) is 30.1. The predicted octanol–water partition coefficient (Wildman–Crippen LogP) is 3.12. The van der Waals surface area contributed by atoms with E-state index in [2.05, 4.69) is 104 Å². The van der Waals surface area contributed by atoms with Crippen molar-refractivity contribution in [3.05, 3.63) is 89.5 Å². The Balaban J connectivity index is 1.42. The highest BCUT2D eigenvalue weighted by Crippen LogP contribution is 2.47. The molecule has 2 aliphatic rings. The highest BCUT2D eigenvalue weighted by molar-refractivity contribution is 8.04. The summed E-state index contributed by atoms with van der Waals surface area (Å²) < 4.78 is 30.9. The summed E-state index contributed by atoms with van der Waals surface area (Å²) in [6, 6.07) is 27.1. The first-order valence-electron chi connectivity index (χ1n) is 15.2. The largest absolute Gasteiger partial charge is 0.374 e. The second kappa shape index (κ2) is 12.4. The average molecular weight is 617 g/mol. The minimum Gasteiger partial charge on any atom is -0.338 e. The summed E-state index contributed by atoms with van der Waals surface area (Å²) in [5.74, 6) is 1.20. The minimum absolute atomic E-state index is 0.389. The van der Waals surface area contributed by atoms with Crippen molar-refractivity contribution in [3.63, 3.8) is 0 Å². The summed E-state index contributed by atoms with van der Waals surface area (Å²) in [4.78, 5) is 6.31. The van der Waals surface area contributed by atoms with Gasteiger partial charge in [0, 0.05) is 48.8 Å². The van der Waals surface area contributed by atoms with Crippen LogP contribution in [0.1, 0.15) is 24.8 Å². The molecule has 4 aromatic rings. The summed E-state index contributed by atoms with van der Waals surface area (Å²) in [7, 11) is 5.22. The van der Waals surface area contributed by atoms with E-state index in [1.165, 1.54) is 21.0 Å². The number of fused-ring (bicyclic) bond motifs is 2. The van der Waals surface area contributed by atoms with Gasteiger partial charge in [-0.1, -0.05) is 48.5 Å². The molecule has 7 nitrogen and oxygen atoms in total. The number of benzene rings is 3. The zero-order valence-electron chi connectivity index (χ0n) is 25.5. The Morgan fingerprint density at radius 2 is 1.60 bits per heavy atom. The molecule has 1 atom stereocenters. The quantitative estimate of drug-likeness (QED) is 0.299. The van der Waals surface area contributed by atoms with E-state index in [1.807, 2.05) is 12.1 Å². The van der Waals surface area contributed by atoms with Crippen LogP contribution in [0, 0.1) is 0 Å². The number of piperidine rings is 1. The number of hydrogen-bond acceptors (Lipinski definition) is 4. The lowest BCUT2D eigenvalue weighted by molar-refractivity contribution is -0.919. The number of pyridine rings is 1. The van der Waals surface area contributed by atoms with E-state index in [9.17, 15) is 8.42 Å². The van der Waals surface area contributed by atoms with E-state index in [4.69, 9.17) is 0 Å². The van der Waals surface area contributed by atoms with Gasteiger partial charge >= 0.3 is 5.82 Å². The number of nitrogens with one attached hydrogen (secondary N) is 2. The van der Waals surface area contributed by atoms with Gasteiger partial charge < -0.3 is 9.80 Å². The van der Waals surface area contributed by atoms with E-state index in [0.717, 1.165) is 64.7 Å². The van der Waals surface area contributed by atoms with Gasteiger partial charge in [-0.15, -0.1) is 4.57 Å². The molecule has 1 unspecified atom stereocenters. The number of anilines is 1. The van der Waals surface area contributed by atoms with Gasteiger partial charge in [0.15, 0.2) is 0 Å². The molecule has 9 heteroatoms. The Hall–Kier alpha value is -3.21. The van der Waals surface area contributed by atoms with E-state index >= 15 is 0 Å². The molecular weight excluding hydrogens is 575 g/mol. The number of aromatic nitrogens is 1. The van der Waals surface area contributed by atoms with Gasteiger partial charge in [-0.2, -0.15) is 4.31 Å². The monoisotopic (exact) mass is 616 g/mol. The van der Waals surface area contributed by atoms with Crippen molar-refractivity contribution in [1.29, 1.82) is 0 Å². The van der Waals surface area contributed by atoms with Gasteiger partial charge in [-0.25, -0.2) is 13.3 Å². The molecule has 3 aromatic carbocycles. The van der Waals surface area contributed by atoms with Crippen LogP contribution in [0.3, 0.4) is 0 Å². The van der Waals surface area contributed by atoms with Crippen LogP contribution in [0.15, 0.2) is 93.7 Å². The highest BCUT2D eigenvalue weighted by Gasteiger charge is 2.31. The van der Waals surface area contributed by atoms with Crippen LogP contribution < -0.4 is 19.3 Å². The average Bonchev–Trinajstić information content (AvgIpc) is 3.34. The lowest BCUT2D eigenvalue weighted by Crippen LogP contribution is -3.14. The number of likely N-dealkylation sites (N-methyl/N-ethyl adjacent to an activating group) is 2. The number of thioether (sulfide) groups is 1. The van der Waals surface area contributed by atoms with E-state index in [-0.39, 0.29) is 0 Å². The van der Waals surface area contributed by atoms with Crippen molar-refractivity contribution in [2.45, 2.75) is 29.1 Å². The van der Waals surface area contributed by atoms with Crippen molar-refractivity contribution >= 4 is 50.3 Å². The third kappa shape index (κ3) is 5.97. The van der Waals surface area contributed by atoms with Gasteiger partial charge in [-0.05, 0) is 43.2 Å². The van der Waals surface area contributed by atoms with E-state index in [1.54, 1.807) is 22.1 Å². The maximum atomic E-state index is 13.4. The summed E-state index contributed by atoms with van der Waals surface area (Å²) in [5.41, 5.74) is 4.49. The molecule has 0 spiro atoms. The predicted molar refractivity (Wildman–Crippen MR) is 176 cm³/mol. The van der Waals surface area contributed by atoms with Crippen molar-refractivity contribution in [2.24, 2.45) is 0 Å². The molecule has 2 N–H and O–H groups in total. The van der Waals surface area contributed by atoms with Gasteiger partial charge in [0.25, 0.3) is 0 Å². The SMILES string of the molecule is CN1C(=Cc2cc([NH+](C)CC[NH+](C)C)[n+](-c3ccccc3)c3ccccc23)Sc2cc(S(=O)(=O)N3CCCCC3)ccc21. The normalized spacial score (nSPS) is 17.6. The van der Waals surface area contributed by atoms with Gasteiger partial charge in [0.2, 0.25) is 21.2 Å². The third-order valence-corrected chi connectivity index (χ3v) is 11.6. The molecule has 0 bridgehead atoms. The fourth-order valence-corrected chi connectivity index (χ4v) is 8.77. The van der Waals surface area contributed by atoms with Crippen LogP contribution in [0.2, 0.25) is 0 Å². The first kappa shape index (κ1) is 29.8. The van der Waals surface area contributed by atoms with Gasteiger partial charge in [-0.3, -0.25) is 0 Å². The Bertz CT molecular complexity index is 1770. The molecule has 224 valence electrons. The molecule has 0 amide bonds. The number of hydrogen-bond donors (Lipinski definition) is 2. The van der Waals surface area contributed by atoms with Crippen LogP contribution in [0.5, 0.6) is 0 Å². The standard InChI is InChI=1S/C34H40N5O2S2/c1-35(2)21-22-36(3)33-23-26(29-15-9-10-16-30(29)39(33)27-13-7-5-8-14-27)24-34-37(4)31-18-17-28(25-32(31)42-34)43(40,41)38-19-11-6-12-20-38/h5,7-10,13-18,23-25H,6,11-12,19-22H2,1-4H3/q+1/p+2. The number of nitrogens with zero attached hydrogens (tertiary/aromatic N) is 3. The Morgan fingerprint density at radius 3 is 2.35 bits per heavy atom. The van der Waals surface area contributed by atoms with Crippen LogP contribution in [-0.2, 0) is 10.0 Å². The molecule has 43 heavy (non-hydrogen) atoms. The molecule has 0 aliphatic carbocycles. The lowest BCUT2D eigenvalue weighted by Gasteiger charge is -2.26. The summed E-state index contributed by atoms with van der Waals surface area (Å²) in [6.45, 7) is 3.27. The van der Waals surface area contributed by atoms with Crippen molar-refractivity contribution in [3.8, 4) is 5.69 Å². The number of sulfonamides is 1. The van der Waals surface area contributed by atoms with Crippen LogP contribution in [0.4, 0.5) is 11.5 Å². The van der Waals surface area contributed by atoms with Gasteiger partial charge in [0.1, 0.15) is 13.1 Å². The first-order valence-corrected chi connectivity index (χ1v) is 17.4. The molecule has 1 saturated heterocycles. The second-order valence-corrected chi connectivity index (χ2v) is 14.9. The smallest absolute Gasteiger partial charge is 0.338 e. The Labute approximate surface area is 260 Å². The summed E-state index contributed by atoms with van der Waals surface area (Å²) >= 11 is 1.64. The molecule has 2 aliphatic heterocycles. The number of quaternary nitrogens is 2. The minimum atomic E-state index is -3.49. The van der Waals surface area contributed by atoms with E-state index < -0.39 is 10.0 Å². The summed E-state index contributed by atoms with van der Waals surface area (Å²) in [6.07, 6.45) is 5.22. The molecule has 6 rings (SSSR count). The van der Waals surface area contributed by atoms with Crippen LogP contribution in [0.25, 0.3) is 22.7 Å². The Kier molecular flexibility index (Phi) is 8.62. The second-order valence-electron chi connectivity index (χ2n) is 11.9. The molecular formula is C34H42N5O2S2+3. The van der Waals surface area contributed by atoms with Crippen LogP contribution >= 0.6 is 11.8 Å². The fraction of sp³-hybridized carbons (Fsp3) is 0.324. The molecule has 0 saturated carbocycles. The molecule has 0 radical (unpaired) electrons. The first-order chi connectivity index (χ1) is 20.7. The fourth-order valence-electron chi connectivity index (χ4n) is 6.01. The number of para-hydroxylation sites is 2. The summed E-state index contributed by atoms with van der Waals surface area (Å²) in [5, 5.41) is 2.25. The Morgan fingerprint density at radius 1 is 0.884 bits per heavy atom. The third-order valence-electron chi connectivity index (χ3n) is 8.51. The zero-order valence-corrected chi connectivity index (χ0v) is 27.1.